The zero-order valence-corrected chi connectivity index (χ0v) is 15.3. The first kappa shape index (κ1) is 19.7. The first-order valence-corrected chi connectivity index (χ1v) is 8.79. The molecule has 0 fully saturated rings. The van der Waals surface area contributed by atoms with Gasteiger partial charge in [-0.25, -0.2) is 9.67 Å². The summed E-state index contributed by atoms with van der Waals surface area (Å²) in [6, 6.07) is 7.75. The van der Waals surface area contributed by atoms with Crippen molar-refractivity contribution in [3.8, 4) is 17.5 Å². The van der Waals surface area contributed by atoms with Gasteiger partial charge in [0.1, 0.15) is 12.1 Å². The van der Waals surface area contributed by atoms with E-state index in [0.29, 0.717) is 11.5 Å². The number of hydrogen-bond acceptors (Lipinski definition) is 4. The summed E-state index contributed by atoms with van der Waals surface area (Å²) >= 11 is 0. The van der Waals surface area contributed by atoms with Crippen LogP contribution in [0.3, 0.4) is 0 Å². The molecule has 2 atom stereocenters. The Hall–Kier alpha value is -3.08. The smallest absolute Gasteiger partial charge is 0.406 e. The Morgan fingerprint density at radius 2 is 2.07 bits per heavy atom. The van der Waals surface area contributed by atoms with Crippen LogP contribution in [0.25, 0.3) is 11.3 Å². The van der Waals surface area contributed by atoms with E-state index in [1.165, 1.54) is 35.3 Å². The number of nitriles is 1. The highest BCUT2D eigenvalue weighted by molar-refractivity contribution is 5.60. The maximum Gasteiger partial charge on any atom is 0.573 e. The second-order valence-electron chi connectivity index (χ2n) is 6.77. The molecule has 0 radical (unpaired) electrons. The summed E-state index contributed by atoms with van der Waals surface area (Å²) in [5, 5.41) is 13.7. The molecule has 146 valence electrons. The van der Waals surface area contributed by atoms with Gasteiger partial charge in [-0.3, -0.25) is 0 Å². The second-order valence-corrected chi connectivity index (χ2v) is 6.77. The molecule has 1 aromatic heterocycles. The maximum atomic E-state index is 12.2. The molecule has 28 heavy (non-hydrogen) atoms. The fourth-order valence-electron chi connectivity index (χ4n) is 3.31. The van der Waals surface area contributed by atoms with E-state index in [1.807, 2.05) is 6.92 Å². The molecule has 2 aromatic rings. The number of halogens is 3. The Balaban J connectivity index is 1.70. The molecule has 0 saturated carbocycles. The molecular weight excluding hydrogens is 369 g/mol. The molecule has 0 saturated heterocycles. The highest BCUT2D eigenvalue weighted by Crippen LogP contribution is 2.35. The Labute approximate surface area is 160 Å². The summed E-state index contributed by atoms with van der Waals surface area (Å²) in [6.07, 6.45) is 1.24. The molecule has 0 aliphatic heterocycles. The van der Waals surface area contributed by atoms with Crippen LogP contribution in [0.2, 0.25) is 0 Å². The van der Waals surface area contributed by atoms with Crippen LogP contribution in [-0.4, -0.2) is 21.1 Å². The quantitative estimate of drug-likeness (QED) is 0.671. The van der Waals surface area contributed by atoms with E-state index in [0.717, 1.165) is 30.4 Å². The van der Waals surface area contributed by atoms with Crippen LogP contribution in [-0.2, 0) is 0 Å². The van der Waals surface area contributed by atoms with Gasteiger partial charge in [0.05, 0.1) is 17.7 Å². The summed E-state index contributed by atoms with van der Waals surface area (Å²) in [5.41, 5.74) is 2.46. The van der Waals surface area contributed by atoms with Crippen molar-refractivity contribution in [2.45, 2.75) is 32.5 Å². The van der Waals surface area contributed by atoms with Crippen molar-refractivity contribution in [2.75, 3.05) is 0 Å². The number of nitrogens with zero attached hydrogens (tertiary/aromatic N) is 4. The SMILES string of the molecule is C=C(C)C(C#N)C1CC=C(c2ncn(-c3ccc(OC(F)(F)F)cc3)n2)CC1. The fourth-order valence-corrected chi connectivity index (χ4v) is 3.31. The van der Waals surface area contributed by atoms with Crippen LogP contribution in [0, 0.1) is 23.2 Å². The predicted molar refractivity (Wildman–Crippen MR) is 97.3 cm³/mol. The summed E-state index contributed by atoms with van der Waals surface area (Å²) in [5.74, 6) is 0.385. The van der Waals surface area contributed by atoms with Crippen molar-refractivity contribution in [3.05, 3.63) is 54.6 Å². The van der Waals surface area contributed by atoms with Gasteiger partial charge in [-0.2, -0.15) is 5.26 Å². The topological polar surface area (TPSA) is 63.7 Å². The van der Waals surface area contributed by atoms with Gasteiger partial charge in [0.2, 0.25) is 0 Å². The lowest BCUT2D eigenvalue weighted by Gasteiger charge is -2.25. The van der Waals surface area contributed by atoms with Crippen LogP contribution in [0.15, 0.2) is 48.8 Å². The van der Waals surface area contributed by atoms with Gasteiger partial charge in [0.15, 0.2) is 5.82 Å². The summed E-state index contributed by atoms with van der Waals surface area (Å²) in [7, 11) is 0. The molecule has 0 bridgehead atoms. The van der Waals surface area contributed by atoms with Gasteiger partial charge in [0, 0.05) is 0 Å². The molecule has 1 aliphatic rings. The van der Waals surface area contributed by atoms with Gasteiger partial charge in [-0.05, 0) is 61.9 Å². The molecule has 0 amide bonds. The first-order valence-electron chi connectivity index (χ1n) is 8.79. The lowest BCUT2D eigenvalue weighted by atomic mass is 9.78. The third kappa shape index (κ3) is 4.60. The zero-order chi connectivity index (χ0) is 20.3. The van der Waals surface area contributed by atoms with Gasteiger partial charge < -0.3 is 4.74 Å². The second kappa shape index (κ2) is 7.89. The van der Waals surface area contributed by atoms with E-state index in [-0.39, 0.29) is 17.6 Å². The number of rotatable bonds is 5. The molecular formula is C20H19F3N4O. The van der Waals surface area contributed by atoms with Gasteiger partial charge in [-0.1, -0.05) is 18.2 Å². The summed E-state index contributed by atoms with van der Waals surface area (Å²) in [6.45, 7) is 5.78. The minimum absolute atomic E-state index is 0.152. The van der Waals surface area contributed by atoms with Crippen LogP contribution in [0.1, 0.15) is 32.0 Å². The highest BCUT2D eigenvalue weighted by Gasteiger charge is 2.31. The molecule has 3 rings (SSSR count). The largest absolute Gasteiger partial charge is 0.573 e. The van der Waals surface area contributed by atoms with Crippen molar-refractivity contribution in [2.24, 2.45) is 11.8 Å². The maximum absolute atomic E-state index is 12.2. The third-order valence-electron chi connectivity index (χ3n) is 4.71. The third-order valence-corrected chi connectivity index (χ3v) is 4.71. The average Bonchev–Trinajstić information content (AvgIpc) is 3.12. The van der Waals surface area contributed by atoms with Crippen LogP contribution < -0.4 is 4.74 Å². The Morgan fingerprint density at radius 3 is 2.61 bits per heavy atom. The van der Waals surface area contributed by atoms with Crippen molar-refractivity contribution in [1.82, 2.24) is 14.8 Å². The fraction of sp³-hybridized carbons (Fsp3) is 0.350. The van der Waals surface area contributed by atoms with Crippen molar-refractivity contribution in [3.63, 3.8) is 0 Å². The Bertz CT molecular complexity index is 922. The van der Waals surface area contributed by atoms with Gasteiger partial charge in [-0.15, -0.1) is 18.3 Å². The average molecular weight is 388 g/mol. The van der Waals surface area contributed by atoms with E-state index >= 15 is 0 Å². The lowest BCUT2D eigenvalue weighted by Crippen LogP contribution is -2.17. The van der Waals surface area contributed by atoms with Gasteiger partial charge in [0.25, 0.3) is 0 Å². The molecule has 8 heteroatoms. The molecule has 1 heterocycles. The van der Waals surface area contributed by atoms with E-state index < -0.39 is 6.36 Å². The molecule has 5 nitrogen and oxygen atoms in total. The van der Waals surface area contributed by atoms with E-state index in [4.69, 9.17) is 0 Å². The van der Waals surface area contributed by atoms with Crippen molar-refractivity contribution >= 4 is 5.57 Å². The summed E-state index contributed by atoms with van der Waals surface area (Å²) in [4.78, 5) is 4.31. The Morgan fingerprint density at radius 1 is 1.36 bits per heavy atom. The van der Waals surface area contributed by atoms with E-state index in [1.54, 1.807) is 0 Å². The lowest BCUT2D eigenvalue weighted by molar-refractivity contribution is -0.274. The number of alkyl halides is 3. The van der Waals surface area contributed by atoms with E-state index in [9.17, 15) is 18.4 Å². The standard InChI is InChI=1S/C20H19F3N4O/c1-13(2)18(11-24)14-3-5-15(6-4-14)19-25-12-27(26-19)16-7-9-17(10-8-16)28-20(21,22)23/h5,7-10,12,14,18H,1,3-4,6H2,2H3. The monoisotopic (exact) mass is 388 g/mol. The zero-order valence-electron chi connectivity index (χ0n) is 15.3. The van der Waals surface area contributed by atoms with E-state index in [2.05, 4.69) is 33.5 Å². The van der Waals surface area contributed by atoms with Crippen LogP contribution >= 0.6 is 0 Å². The van der Waals surface area contributed by atoms with Gasteiger partial charge >= 0.3 is 6.36 Å². The minimum Gasteiger partial charge on any atom is -0.406 e. The predicted octanol–water partition coefficient (Wildman–Crippen LogP) is 5.07. The summed E-state index contributed by atoms with van der Waals surface area (Å²) < 4.78 is 42.1. The van der Waals surface area contributed by atoms with Crippen LogP contribution in [0.5, 0.6) is 5.75 Å². The number of benzene rings is 1. The number of hydrogen-bond donors (Lipinski definition) is 0. The van der Waals surface area contributed by atoms with Crippen molar-refractivity contribution < 1.29 is 17.9 Å². The first-order chi connectivity index (χ1) is 13.3. The van der Waals surface area contributed by atoms with Crippen LogP contribution in [0.4, 0.5) is 13.2 Å². The Kier molecular flexibility index (Phi) is 5.54. The van der Waals surface area contributed by atoms with Crippen molar-refractivity contribution in [1.29, 1.82) is 5.26 Å². The minimum atomic E-state index is -4.72. The molecule has 2 unspecified atom stereocenters. The normalized spacial score (nSPS) is 18.1. The molecule has 0 spiro atoms. The number of allylic oxidation sites excluding steroid dienone is 3. The number of aromatic nitrogens is 3. The molecule has 1 aliphatic carbocycles. The molecule has 1 aromatic carbocycles. The highest BCUT2D eigenvalue weighted by atomic mass is 19.4. The number of ether oxygens (including phenoxy) is 1. The molecule has 0 N–H and O–H groups in total.